The number of methoxy groups -OCH3 is 2. The van der Waals surface area contributed by atoms with E-state index in [9.17, 15) is 4.39 Å². The topological polar surface area (TPSA) is 73.3 Å². The Hall–Kier alpha value is -3.00. The quantitative estimate of drug-likeness (QED) is 0.618. The van der Waals surface area contributed by atoms with E-state index in [1.807, 2.05) is 6.07 Å². The molecule has 0 saturated carbocycles. The molecule has 0 fully saturated rings. The molecule has 1 aliphatic rings. The van der Waals surface area contributed by atoms with E-state index in [1.54, 1.807) is 33.4 Å². The molecule has 2 N–H and O–H groups in total. The highest BCUT2D eigenvalue weighted by molar-refractivity contribution is 5.93. The van der Waals surface area contributed by atoms with Crippen molar-refractivity contribution in [3.05, 3.63) is 47.3 Å². The molecule has 0 atom stereocenters. The number of rotatable bonds is 5. The predicted octanol–water partition coefficient (Wildman–Crippen LogP) is 2.90. The highest BCUT2D eigenvalue weighted by atomic mass is 19.1. The molecule has 1 aliphatic heterocycles. The Balaban J connectivity index is 1.71. The van der Waals surface area contributed by atoms with Crippen LogP contribution in [0.3, 0.4) is 0 Å². The van der Waals surface area contributed by atoms with Crippen LogP contribution in [0.5, 0.6) is 17.2 Å². The van der Waals surface area contributed by atoms with Crippen LogP contribution in [0.2, 0.25) is 0 Å². The van der Waals surface area contributed by atoms with Crippen LogP contribution in [-0.4, -0.2) is 34.0 Å². The third kappa shape index (κ3) is 4.40. The number of guanidine groups is 1. The number of aliphatic imine (C=N–C) groups is 1. The molecule has 0 saturated heterocycles. The van der Waals surface area contributed by atoms with Crippen molar-refractivity contribution < 1.29 is 23.3 Å². The second-order valence-corrected chi connectivity index (χ2v) is 5.78. The second-order valence-electron chi connectivity index (χ2n) is 5.78. The minimum Gasteiger partial charge on any atom is -0.493 e. The Morgan fingerprint density at radius 3 is 2.74 bits per heavy atom. The number of nitrogens with zero attached hydrogens (tertiary/aromatic N) is 1. The molecule has 27 heavy (non-hydrogen) atoms. The number of halogens is 1. The summed E-state index contributed by atoms with van der Waals surface area (Å²) in [5.41, 5.74) is 2.16. The van der Waals surface area contributed by atoms with Crippen LogP contribution in [0.25, 0.3) is 0 Å². The van der Waals surface area contributed by atoms with Gasteiger partial charge < -0.3 is 29.6 Å². The van der Waals surface area contributed by atoms with E-state index >= 15 is 0 Å². The number of hydrogen-bond acceptors (Lipinski definition) is 5. The summed E-state index contributed by atoms with van der Waals surface area (Å²) in [6.45, 7) is 0.829. The molecule has 0 aliphatic carbocycles. The van der Waals surface area contributed by atoms with E-state index in [1.165, 1.54) is 12.1 Å². The molecule has 144 valence electrons. The predicted molar refractivity (Wildman–Crippen MR) is 100 cm³/mol. The van der Waals surface area contributed by atoms with Crippen molar-refractivity contribution in [3.8, 4) is 17.2 Å². The molecule has 0 amide bonds. The lowest BCUT2D eigenvalue weighted by Crippen LogP contribution is -2.30. The molecule has 0 radical (unpaired) electrons. The van der Waals surface area contributed by atoms with E-state index in [-0.39, 0.29) is 12.6 Å². The van der Waals surface area contributed by atoms with Gasteiger partial charge >= 0.3 is 0 Å². The zero-order valence-corrected chi connectivity index (χ0v) is 15.5. The van der Waals surface area contributed by atoms with Crippen LogP contribution in [0, 0.1) is 5.82 Å². The number of ether oxygens (including phenoxy) is 4. The van der Waals surface area contributed by atoms with Gasteiger partial charge in [-0.3, -0.25) is 4.99 Å². The SMILES string of the molecule is CN=C(NCc1cc(F)cc2c1OCOC2)Nc1ccc(OC)c(OC)c1. The number of nitrogens with one attached hydrogen (secondary N) is 2. The first-order chi connectivity index (χ1) is 13.1. The summed E-state index contributed by atoms with van der Waals surface area (Å²) in [5.74, 6) is 2.08. The van der Waals surface area contributed by atoms with Gasteiger partial charge in [0.2, 0.25) is 0 Å². The van der Waals surface area contributed by atoms with Gasteiger partial charge in [-0.25, -0.2) is 4.39 Å². The number of benzene rings is 2. The molecule has 0 spiro atoms. The van der Waals surface area contributed by atoms with Gasteiger partial charge in [-0.05, 0) is 24.3 Å². The molecule has 8 heteroatoms. The Labute approximate surface area is 157 Å². The van der Waals surface area contributed by atoms with Crippen molar-refractivity contribution in [1.82, 2.24) is 5.32 Å². The summed E-state index contributed by atoms with van der Waals surface area (Å²) in [7, 11) is 4.81. The van der Waals surface area contributed by atoms with Gasteiger partial charge in [0.15, 0.2) is 24.3 Å². The van der Waals surface area contributed by atoms with Crippen molar-refractivity contribution in [2.75, 3.05) is 33.4 Å². The van der Waals surface area contributed by atoms with Crippen LogP contribution in [-0.2, 0) is 17.9 Å². The standard InChI is InChI=1S/C19H22FN3O4/c1-21-19(23-15-4-5-16(24-2)17(8-15)25-3)22-9-12-6-14(20)7-13-10-26-11-27-18(12)13/h4-8H,9-11H2,1-3H3,(H2,21,22,23). The van der Waals surface area contributed by atoms with Crippen LogP contribution in [0.4, 0.5) is 10.1 Å². The lowest BCUT2D eigenvalue weighted by molar-refractivity contribution is -0.0172. The van der Waals surface area contributed by atoms with Gasteiger partial charge in [0.1, 0.15) is 11.6 Å². The molecule has 0 aromatic heterocycles. The van der Waals surface area contributed by atoms with Gasteiger partial charge in [-0.1, -0.05) is 0 Å². The molecular weight excluding hydrogens is 353 g/mol. The average molecular weight is 375 g/mol. The van der Waals surface area contributed by atoms with Gasteiger partial charge in [0.25, 0.3) is 0 Å². The first-order valence-electron chi connectivity index (χ1n) is 8.36. The van der Waals surface area contributed by atoms with Crippen LogP contribution >= 0.6 is 0 Å². The zero-order chi connectivity index (χ0) is 19.2. The summed E-state index contributed by atoms with van der Waals surface area (Å²) in [4.78, 5) is 4.19. The average Bonchev–Trinajstić information content (AvgIpc) is 2.70. The normalized spacial score (nSPS) is 13.4. The third-order valence-corrected chi connectivity index (χ3v) is 4.07. The van der Waals surface area contributed by atoms with Gasteiger partial charge in [-0.2, -0.15) is 0 Å². The molecule has 2 aromatic rings. The Bertz CT molecular complexity index is 842. The maximum atomic E-state index is 13.9. The fourth-order valence-electron chi connectivity index (χ4n) is 2.80. The molecule has 3 rings (SSSR count). The molecule has 2 aromatic carbocycles. The van der Waals surface area contributed by atoms with Crippen molar-refractivity contribution >= 4 is 11.6 Å². The van der Waals surface area contributed by atoms with Crippen molar-refractivity contribution in [2.24, 2.45) is 4.99 Å². The fourth-order valence-corrected chi connectivity index (χ4v) is 2.80. The minimum absolute atomic E-state index is 0.157. The van der Waals surface area contributed by atoms with Crippen LogP contribution < -0.4 is 24.8 Å². The minimum atomic E-state index is -0.331. The molecule has 0 unspecified atom stereocenters. The zero-order valence-electron chi connectivity index (χ0n) is 15.5. The molecule has 1 heterocycles. The van der Waals surface area contributed by atoms with E-state index in [0.29, 0.717) is 47.5 Å². The highest BCUT2D eigenvalue weighted by Crippen LogP contribution is 2.30. The van der Waals surface area contributed by atoms with Gasteiger partial charge in [-0.15, -0.1) is 0 Å². The monoisotopic (exact) mass is 375 g/mol. The first-order valence-corrected chi connectivity index (χ1v) is 8.36. The lowest BCUT2D eigenvalue weighted by Gasteiger charge is -2.21. The van der Waals surface area contributed by atoms with Crippen molar-refractivity contribution in [1.29, 1.82) is 0 Å². The van der Waals surface area contributed by atoms with E-state index in [2.05, 4.69) is 15.6 Å². The van der Waals surface area contributed by atoms with Crippen LogP contribution in [0.1, 0.15) is 11.1 Å². The lowest BCUT2D eigenvalue weighted by atomic mass is 10.1. The van der Waals surface area contributed by atoms with Gasteiger partial charge in [0, 0.05) is 36.5 Å². The molecular formula is C19H22FN3O4. The third-order valence-electron chi connectivity index (χ3n) is 4.07. The summed E-state index contributed by atoms with van der Waals surface area (Å²) < 4.78 is 35.1. The number of hydrogen-bond donors (Lipinski definition) is 2. The highest BCUT2D eigenvalue weighted by Gasteiger charge is 2.17. The van der Waals surface area contributed by atoms with E-state index < -0.39 is 0 Å². The maximum absolute atomic E-state index is 13.9. The Morgan fingerprint density at radius 2 is 2.00 bits per heavy atom. The number of fused-ring (bicyclic) bond motifs is 1. The Kier molecular flexibility index (Phi) is 5.97. The smallest absolute Gasteiger partial charge is 0.195 e. The molecule has 7 nitrogen and oxygen atoms in total. The molecule has 0 bridgehead atoms. The fraction of sp³-hybridized carbons (Fsp3) is 0.316. The van der Waals surface area contributed by atoms with E-state index in [4.69, 9.17) is 18.9 Å². The summed E-state index contributed by atoms with van der Waals surface area (Å²) in [6, 6.07) is 8.32. The van der Waals surface area contributed by atoms with Gasteiger partial charge in [0.05, 0.1) is 20.8 Å². The summed E-state index contributed by atoms with van der Waals surface area (Å²) >= 11 is 0. The van der Waals surface area contributed by atoms with Crippen molar-refractivity contribution in [3.63, 3.8) is 0 Å². The second kappa shape index (κ2) is 8.59. The first kappa shape index (κ1) is 18.8. The Morgan fingerprint density at radius 1 is 1.19 bits per heavy atom. The maximum Gasteiger partial charge on any atom is 0.195 e. The summed E-state index contributed by atoms with van der Waals surface area (Å²) in [5, 5.41) is 6.32. The van der Waals surface area contributed by atoms with Crippen LogP contribution in [0.15, 0.2) is 35.3 Å². The van der Waals surface area contributed by atoms with E-state index in [0.717, 1.165) is 5.69 Å². The van der Waals surface area contributed by atoms with Crippen molar-refractivity contribution in [2.45, 2.75) is 13.2 Å². The summed E-state index contributed by atoms with van der Waals surface area (Å²) in [6.07, 6.45) is 0. The number of anilines is 1. The largest absolute Gasteiger partial charge is 0.493 e.